The second kappa shape index (κ2) is 8.37. The van der Waals surface area contributed by atoms with Gasteiger partial charge < -0.3 is 15.4 Å². The molecule has 5 heteroatoms. The number of rotatable bonds is 8. The monoisotopic (exact) mass is 296 g/mol. The van der Waals surface area contributed by atoms with Gasteiger partial charge in [0.15, 0.2) is 0 Å². The molecule has 2 aliphatic carbocycles. The van der Waals surface area contributed by atoms with Crippen LogP contribution in [0.3, 0.4) is 0 Å². The Morgan fingerprint density at radius 2 is 1.95 bits per heavy atom. The number of hydrogen-bond acceptors (Lipinski definition) is 4. The zero-order valence-electron chi connectivity index (χ0n) is 13.0. The summed E-state index contributed by atoms with van der Waals surface area (Å²) in [5.41, 5.74) is 0. The summed E-state index contributed by atoms with van der Waals surface area (Å²) in [5.74, 6) is 0.175. The topological polar surface area (TPSA) is 67.4 Å². The molecule has 120 valence electrons. The summed E-state index contributed by atoms with van der Waals surface area (Å²) < 4.78 is 5.11. The van der Waals surface area contributed by atoms with E-state index >= 15 is 0 Å². The van der Waals surface area contributed by atoms with E-state index in [0.29, 0.717) is 25.1 Å². The van der Waals surface area contributed by atoms with E-state index in [0.717, 1.165) is 51.5 Å². The van der Waals surface area contributed by atoms with Crippen molar-refractivity contribution in [3.8, 4) is 0 Å². The van der Waals surface area contributed by atoms with Gasteiger partial charge in [0.2, 0.25) is 5.91 Å². The van der Waals surface area contributed by atoms with Crippen LogP contribution in [0.25, 0.3) is 0 Å². The number of hydrogen-bond donors (Lipinski definition) is 2. The Morgan fingerprint density at radius 1 is 1.14 bits per heavy atom. The molecule has 1 amide bonds. The molecule has 2 atom stereocenters. The maximum atomic E-state index is 11.8. The van der Waals surface area contributed by atoms with Crippen molar-refractivity contribution in [3.63, 3.8) is 0 Å². The van der Waals surface area contributed by atoms with Crippen molar-refractivity contribution in [2.45, 2.75) is 70.4 Å². The van der Waals surface area contributed by atoms with Gasteiger partial charge in [0, 0.05) is 18.5 Å². The molecule has 0 spiro atoms. The zero-order chi connectivity index (χ0) is 15.1. The first-order valence-corrected chi connectivity index (χ1v) is 8.38. The molecule has 2 rings (SSSR count). The fourth-order valence-electron chi connectivity index (χ4n) is 2.93. The van der Waals surface area contributed by atoms with Crippen LogP contribution in [-0.4, -0.2) is 37.1 Å². The predicted octanol–water partition coefficient (Wildman–Crippen LogP) is 1.76. The number of amides is 1. The lowest BCUT2D eigenvalue weighted by Gasteiger charge is -2.28. The number of carbonyl (C=O) groups is 2. The summed E-state index contributed by atoms with van der Waals surface area (Å²) in [7, 11) is 0. The Bertz CT molecular complexity index is 355. The van der Waals surface area contributed by atoms with Crippen LogP contribution in [0, 0.1) is 5.92 Å². The second-order valence-corrected chi connectivity index (χ2v) is 6.21. The lowest BCUT2D eigenvalue weighted by molar-refractivity contribution is -0.149. The largest absolute Gasteiger partial charge is 0.466 e. The molecule has 0 heterocycles. The number of nitrogens with one attached hydrogen (secondary N) is 2. The fourth-order valence-corrected chi connectivity index (χ4v) is 2.93. The van der Waals surface area contributed by atoms with E-state index in [-0.39, 0.29) is 17.8 Å². The molecule has 2 N–H and O–H groups in total. The summed E-state index contributed by atoms with van der Waals surface area (Å²) in [6.07, 6.45) is 7.74. The Balaban J connectivity index is 1.56. The van der Waals surface area contributed by atoms with Gasteiger partial charge in [-0.05, 0) is 52.0 Å². The van der Waals surface area contributed by atoms with E-state index in [1.165, 1.54) is 0 Å². The summed E-state index contributed by atoms with van der Waals surface area (Å²) in [4.78, 5) is 23.3. The van der Waals surface area contributed by atoms with Crippen LogP contribution in [0.1, 0.15) is 58.3 Å². The first-order chi connectivity index (χ1) is 10.2. The number of ether oxygens (including phenoxy) is 1. The minimum Gasteiger partial charge on any atom is -0.466 e. The van der Waals surface area contributed by atoms with E-state index < -0.39 is 0 Å². The van der Waals surface area contributed by atoms with Gasteiger partial charge in [-0.2, -0.15) is 0 Å². The van der Waals surface area contributed by atoms with Crippen LogP contribution in [0.5, 0.6) is 0 Å². The van der Waals surface area contributed by atoms with Crippen molar-refractivity contribution in [3.05, 3.63) is 0 Å². The number of esters is 1. The smallest absolute Gasteiger partial charge is 0.308 e. The maximum Gasteiger partial charge on any atom is 0.308 e. The molecule has 21 heavy (non-hydrogen) atoms. The van der Waals surface area contributed by atoms with Crippen LogP contribution < -0.4 is 10.6 Å². The van der Waals surface area contributed by atoms with Crippen molar-refractivity contribution in [1.82, 2.24) is 10.6 Å². The summed E-state index contributed by atoms with van der Waals surface area (Å²) in [6, 6.07) is 0.841. The van der Waals surface area contributed by atoms with Gasteiger partial charge in [-0.15, -0.1) is 0 Å². The van der Waals surface area contributed by atoms with Gasteiger partial charge in [0.05, 0.1) is 12.5 Å². The van der Waals surface area contributed by atoms with Crippen LogP contribution in [0.2, 0.25) is 0 Å². The first-order valence-electron chi connectivity index (χ1n) is 8.38. The minimum atomic E-state index is -0.0483. The van der Waals surface area contributed by atoms with Gasteiger partial charge in [-0.25, -0.2) is 0 Å². The summed E-state index contributed by atoms with van der Waals surface area (Å²) >= 11 is 0. The molecule has 0 bridgehead atoms. The van der Waals surface area contributed by atoms with Crippen molar-refractivity contribution < 1.29 is 14.3 Å². The molecule has 5 nitrogen and oxygen atoms in total. The van der Waals surface area contributed by atoms with Crippen LogP contribution in [-0.2, 0) is 14.3 Å². The van der Waals surface area contributed by atoms with Crippen molar-refractivity contribution >= 4 is 11.9 Å². The van der Waals surface area contributed by atoms with Gasteiger partial charge in [0.1, 0.15) is 0 Å². The number of carbonyl (C=O) groups excluding carboxylic acids is 2. The highest BCUT2D eigenvalue weighted by Gasteiger charge is 2.28. The van der Waals surface area contributed by atoms with Gasteiger partial charge in [-0.1, -0.05) is 6.42 Å². The summed E-state index contributed by atoms with van der Waals surface area (Å²) in [6.45, 7) is 3.16. The molecular formula is C16H28N2O3. The molecule has 0 radical (unpaired) electrons. The van der Waals surface area contributed by atoms with Crippen molar-refractivity contribution in [1.29, 1.82) is 0 Å². The van der Waals surface area contributed by atoms with Gasteiger partial charge >= 0.3 is 5.97 Å². The van der Waals surface area contributed by atoms with E-state index in [1.54, 1.807) is 0 Å². The molecular weight excluding hydrogens is 268 g/mol. The molecule has 0 aromatic rings. The average Bonchev–Trinajstić information content (AvgIpc) is 3.28. The van der Waals surface area contributed by atoms with Crippen molar-refractivity contribution in [2.24, 2.45) is 5.92 Å². The Labute approximate surface area is 127 Å². The fraction of sp³-hybridized carbons (Fsp3) is 0.875. The molecule has 2 aliphatic rings. The Kier molecular flexibility index (Phi) is 6.49. The maximum absolute atomic E-state index is 11.8. The molecule has 0 saturated heterocycles. The van der Waals surface area contributed by atoms with E-state index in [2.05, 4.69) is 10.6 Å². The zero-order valence-corrected chi connectivity index (χ0v) is 13.0. The van der Waals surface area contributed by atoms with Crippen molar-refractivity contribution in [2.75, 3.05) is 13.2 Å². The van der Waals surface area contributed by atoms with E-state index in [1.807, 2.05) is 6.92 Å². The Hall–Kier alpha value is -1.10. The normalized spacial score (nSPS) is 25.4. The second-order valence-electron chi connectivity index (χ2n) is 6.21. The van der Waals surface area contributed by atoms with E-state index in [4.69, 9.17) is 4.74 Å². The summed E-state index contributed by atoms with van der Waals surface area (Å²) in [5, 5.41) is 6.49. The van der Waals surface area contributed by atoms with E-state index in [9.17, 15) is 9.59 Å². The van der Waals surface area contributed by atoms with Gasteiger partial charge in [-0.3, -0.25) is 9.59 Å². The third kappa shape index (κ3) is 6.04. The third-order valence-electron chi connectivity index (χ3n) is 4.25. The first kappa shape index (κ1) is 16.3. The third-order valence-corrected chi connectivity index (χ3v) is 4.25. The molecule has 0 aromatic carbocycles. The lowest BCUT2D eigenvalue weighted by Crippen LogP contribution is -2.37. The van der Waals surface area contributed by atoms with Gasteiger partial charge in [0.25, 0.3) is 0 Å². The quantitative estimate of drug-likeness (QED) is 0.529. The molecule has 2 saturated carbocycles. The molecule has 2 fully saturated rings. The predicted molar refractivity (Wildman–Crippen MR) is 80.8 cm³/mol. The average molecular weight is 296 g/mol. The standard InChI is InChI=1S/C16H28N2O3/c1-2-21-16(20)12-5-3-6-14(11-12)17-10-4-7-15(19)18-13-8-9-13/h12-14,17H,2-11H2,1H3,(H,18,19). The highest BCUT2D eigenvalue weighted by atomic mass is 16.5. The minimum absolute atomic E-state index is 0.0483. The van der Waals surface area contributed by atoms with Crippen LogP contribution in [0.15, 0.2) is 0 Å². The highest BCUT2D eigenvalue weighted by Crippen LogP contribution is 2.25. The molecule has 0 aliphatic heterocycles. The SMILES string of the molecule is CCOC(=O)C1CCCC(NCCCC(=O)NC2CC2)C1. The van der Waals surface area contributed by atoms with Crippen LogP contribution in [0.4, 0.5) is 0 Å². The lowest BCUT2D eigenvalue weighted by atomic mass is 9.85. The highest BCUT2D eigenvalue weighted by molar-refractivity contribution is 5.76. The Morgan fingerprint density at radius 3 is 2.67 bits per heavy atom. The van der Waals surface area contributed by atoms with Crippen LogP contribution >= 0.6 is 0 Å². The molecule has 0 aromatic heterocycles. The molecule has 2 unspecified atom stereocenters.